The Kier molecular flexibility index (Phi) is 3.78. The van der Waals surface area contributed by atoms with Gasteiger partial charge in [-0.05, 0) is 25.0 Å². The van der Waals surface area contributed by atoms with E-state index in [4.69, 9.17) is 9.26 Å². The summed E-state index contributed by atoms with van der Waals surface area (Å²) < 4.78 is 10.4. The molecule has 3 rings (SSSR count). The molecule has 0 spiro atoms. The summed E-state index contributed by atoms with van der Waals surface area (Å²) in [6.07, 6.45) is 3.47. The van der Waals surface area contributed by atoms with Crippen LogP contribution in [-0.2, 0) is 4.74 Å². The van der Waals surface area contributed by atoms with Gasteiger partial charge in [0.25, 0.3) is 23.2 Å². The van der Waals surface area contributed by atoms with E-state index in [0.29, 0.717) is 6.54 Å². The van der Waals surface area contributed by atoms with Crippen molar-refractivity contribution in [3.05, 3.63) is 34.5 Å². The predicted octanol–water partition coefficient (Wildman–Crippen LogP) is 0.334. The van der Waals surface area contributed by atoms with Crippen LogP contribution in [-0.4, -0.2) is 40.3 Å². The van der Waals surface area contributed by atoms with Crippen molar-refractivity contribution in [2.75, 3.05) is 13.2 Å². The van der Waals surface area contributed by atoms with E-state index in [9.17, 15) is 9.59 Å². The first-order valence-electron chi connectivity index (χ1n) is 6.65. The summed E-state index contributed by atoms with van der Waals surface area (Å²) in [6, 6.07) is 3.18. The monoisotopic (exact) mass is 290 g/mol. The predicted molar refractivity (Wildman–Crippen MR) is 71.7 cm³/mol. The molecule has 21 heavy (non-hydrogen) atoms. The molecule has 0 radical (unpaired) electrons. The lowest BCUT2D eigenvalue weighted by atomic mass is 10.2. The zero-order valence-electron chi connectivity index (χ0n) is 11.2. The van der Waals surface area contributed by atoms with Crippen LogP contribution < -0.4 is 10.9 Å². The van der Waals surface area contributed by atoms with Crippen LogP contribution in [0.15, 0.2) is 27.6 Å². The number of carbonyl (C=O) groups is 1. The minimum Gasteiger partial charge on any atom is -0.376 e. The molecule has 1 amide bonds. The van der Waals surface area contributed by atoms with Gasteiger partial charge in [-0.2, -0.15) is 4.98 Å². The fourth-order valence-electron chi connectivity index (χ4n) is 2.11. The van der Waals surface area contributed by atoms with Crippen LogP contribution in [0.4, 0.5) is 0 Å². The molecule has 1 aliphatic heterocycles. The zero-order valence-corrected chi connectivity index (χ0v) is 11.2. The smallest absolute Gasteiger partial charge is 0.292 e. The van der Waals surface area contributed by atoms with Crippen molar-refractivity contribution in [1.29, 1.82) is 0 Å². The average molecular weight is 290 g/mol. The largest absolute Gasteiger partial charge is 0.376 e. The number of nitrogens with zero attached hydrogens (tertiary/aromatic N) is 2. The third-order valence-electron chi connectivity index (χ3n) is 3.19. The van der Waals surface area contributed by atoms with Gasteiger partial charge in [0.05, 0.1) is 6.10 Å². The first kappa shape index (κ1) is 13.5. The fraction of sp³-hybridized carbons (Fsp3) is 0.385. The molecule has 2 aromatic rings. The van der Waals surface area contributed by atoms with Crippen LogP contribution in [0.2, 0.25) is 0 Å². The lowest BCUT2D eigenvalue weighted by molar-refractivity contribution is 0.0847. The number of nitrogens with one attached hydrogen (secondary N) is 2. The lowest BCUT2D eigenvalue weighted by Gasteiger charge is -2.08. The van der Waals surface area contributed by atoms with Gasteiger partial charge < -0.3 is 19.6 Å². The van der Waals surface area contributed by atoms with Crippen molar-refractivity contribution < 1.29 is 14.1 Å². The standard InChI is InChI=1S/C13H14N4O4/c18-11-9(4-1-5-14-11)13-16-10(17-21-13)12(19)15-7-8-3-2-6-20-8/h1,4-5,8H,2-3,6-7H2,(H,14,18)(H,15,19)/t8-/m0/s1. The van der Waals surface area contributed by atoms with Crippen molar-refractivity contribution in [2.24, 2.45) is 0 Å². The molecule has 8 nitrogen and oxygen atoms in total. The molecular formula is C13H14N4O4. The highest BCUT2D eigenvalue weighted by Crippen LogP contribution is 2.12. The highest BCUT2D eigenvalue weighted by molar-refractivity contribution is 5.90. The van der Waals surface area contributed by atoms with Gasteiger partial charge in [-0.1, -0.05) is 5.16 Å². The van der Waals surface area contributed by atoms with Gasteiger partial charge in [0.2, 0.25) is 0 Å². The molecule has 0 bridgehead atoms. The number of carbonyl (C=O) groups excluding carboxylic acids is 1. The van der Waals surface area contributed by atoms with E-state index in [1.165, 1.54) is 6.20 Å². The minimum absolute atomic E-state index is 0.0131. The Morgan fingerprint density at radius 2 is 2.43 bits per heavy atom. The van der Waals surface area contributed by atoms with Gasteiger partial charge in [0.1, 0.15) is 5.56 Å². The summed E-state index contributed by atoms with van der Waals surface area (Å²) in [6.45, 7) is 1.14. The Labute approximate surface area is 119 Å². The van der Waals surface area contributed by atoms with Crippen LogP contribution in [0.25, 0.3) is 11.5 Å². The maximum atomic E-state index is 11.9. The zero-order chi connectivity index (χ0) is 14.7. The third kappa shape index (κ3) is 3.00. The maximum Gasteiger partial charge on any atom is 0.292 e. The minimum atomic E-state index is -0.451. The molecule has 0 unspecified atom stereocenters. The lowest BCUT2D eigenvalue weighted by Crippen LogP contribution is -2.32. The van der Waals surface area contributed by atoms with Crippen LogP contribution in [0.3, 0.4) is 0 Å². The fourth-order valence-corrected chi connectivity index (χ4v) is 2.11. The number of ether oxygens (including phenoxy) is 1. The molecule has 0 saturated carbocycles. The number of pyridine rings is 1. The number of hydrogen-bond acceptors (Lipinski definition) is 6. The highest BCUT2D eigenvalue weighted by Gasteiger charge is 2.20. The molecule has 2 aromatic heterocycles. The van der Waals surface area contributed by atoms with Crippen LogP contribution in [0, 0.1) is 0 Å². The number of hydrogen-bond donors (Lipinski definition) is 2. The van der Waals surface area contributed by atoms with Gasteiger partial charge in [0, 0.05) is 19.3 Å². The summed E-state index contributed by atoms with van der Waals surface area (Å²) in [5, 5.41) is 6.27. The summed E-state index contributed by atoms with van der Waals surface area (Å²) in [5.74, 6) is -0.543. The van der Waals surface area contributed by atoms with Crippen LogP contribution >= 0.6 is 0 Å². The number of H-pyrrole nitrogens is 1. The molecular weight excluding hydrogens is 276 g/mol. The molecule has 3 heterocycles. The molecule has 2 N–H and O–H groups in total. The van der Waals surface area contributed by atoms with E-state index in [1.807, 2.05) is 0 Å². The Hall–Kier alpha value is -2.48. The maximum absolute atomic E-state index is 11.9. The third-order valence-corrected chi connectivity index (χ3v) is 3.19. The van der Waals surface area contributed by atoms with E-state index in [0.717, 1.165) is 19.4 Å². The van der Waals surface area contributed by atoms with Crippen LogP contribution in [0.5, 0.6) is 0 Å². The second kappa shape index (κ2) is 5.88. The molecule has 8 heteroatoms. The first-order valence-corrected chi connectivity index (χ1v) is 6.65. The van der Waals surface area contributed by atoms with Crippen molar-refractivity contribution in [2.45, 2.75) is 18.9 Å². The molecule has 1 saturated heterocycles. The quantitative estimate of drug-likeness (QED) is 0.839. The number of rotatable bonds is 4. The number of amides is 1. The van der Waals surface area contributed by atoms with Crippen molar-refractivity contribution >= 4 is 5.91 Å². The van der Waals surface area contributed by atoms with E-state index < -0.39 is 5.91 Å². The topological polar surface area (TPSA) is 110 Å². The highest BCUT2D eigenvalue weighted by atomic mass is 16.5. The van der Waals surface area contributed by atoms with Gasteiger partial charge in [-0.3, -0.25) is 9.59 Å². The molecule has 110 valence electrons. The van der Waals surface area contributed by atoms with Crippen molar-refractivity contribution in [3.8, 4) is 11.5 Å². The normalized spacial score (nSPS) is 17.8. The van der Waals surface area contributed by atoms with E-state index in [2.05, 4.69) is 20.4 Å². The van der Waals surface area contributed by atoms with E-state index >= 15 is 0 Å². The molecule has 0 aliphatic carbocycles. The van der Waals surface area contributed by atoms with Crippen molar-refractivity contribution in [3.63, 3.8) is 0 Å². The second-order valence-corrected chi connectivity index (χ2v) is 4.68. The Bertz CT molecular complexity index is 687. The van der Waals surface area contributed by atoms with Gasteiger partial charge in [-0.15, -0.1) is 0 Å². The molecule has 1 atom stereocenters. The molecule has 0 aromatic carbocycles. The van der Waals surface area contributed by atoms with E-state index in [-0.39, 0.29) is 28.9 Å². The van der Waals surface area contributed by atoms with Crippen molar-refractivity contribution in [1.82, 2.24) is 20.4 Å². The average Bonchev–Trinajstić information content (AvgIpc) is 3.17. The van der Waals surface area contributed by atoms with Gasteiger partial charge in [0.15, 0.2) is 0 Å². The summed E-state index contributed by atoms with van der Waals surface area (Å²) in [7, 11) is 0. The molecule has 1 aliphatic rings. The van der Waals surface area contributed by atoms with Crippen LogP contribution in [0.1, 0.15) is 23.5 Å². The second-order valence-electron chi connectivity index (χ2n) is 4.68. The Balaban J connectivity index is 1.68. The SMILES string of the molecule is O=C(NC[C@@H]1CCCO1)c1noc(-c2ccc[nH]c2=O)n1. The van der Waals surface area contributed by atoms with Gasteiger partial charge in [-0.25, -0.2) is 0 Å². The molecule has 1 fully saturated rings. The first-order chi connectivity index (χ1) is 10.2. The number of aromatic nitrogens is 3. The summed E-state index contributed by atoms with van der Waals surface area (Å²) in [4.78, 5) is 29.9. The summed E-state index contributed by atoms with van der Waals surface area (Å²) >= 11 is 0. The Morgan fingerprint density at radius 1 is 1.52 bits per heavy atom. The number of aromatic amines is 1. The van der Waals surface area contributed by atoms with E-state index in [1.54, 1.807) is 12.1 Å². The Morgan fingerprint density at radius 3 is 3.19 bits per heavy atom. The van der Waals surface area contributed by atoms with Gasteiger partial charge >= 0.3 is 0 Å². The summed E-state index contributed by atoms with van der Waals surface area (Å²) in [5.41, 5.74) is -0.129.